The van der Waals surface area contributed by atoms with Crippen LogP contribution in [0.2, 0.25) is 0 Å². The van der Waals surface area contributed by atoms with Crippen LogP contribution in [0.15, 0.2) is 194 Å². The molecule has 4 heteroatoms. The minimum atomic E-state index is 0.601. The first-order valence-electron chi connectivity index (χ1n) is 18.9. The first-order valence-corrected chi connectivity index (χ1v) is 18.9. The van der Waals surface area contributed by atoms with E-state index in [2.05, 4.69) is 187 Å². The number of pyridine rings is 1. The van der Waals surface area contributed by atoms with Crippen LogP contribution in [0.3, 0.4) is 0 Å². The van der Waals surface area contributed by atoms with E-state index in [9.17, 15) is 0 Å². The van der Waals surface area contributed by atoms with E-state index < -0.39 is 0 Å². The summed E-state index contributed by atoms with van der Waals surface area (Å²) in [5, 5.41) is 11.6. The molecular weight excluding hydrogens is 681 g/mol. The lowest BCUT2D eigenvalue weighted by atomic mass is 9.93. The maximum absolute atomic E-state index is 5.35. The molecule has 0 N–H and O–H groups in total. The molecule has 2 heterocycles. The molecule has 0 atom stereocenters. The molecule has 9 aromatic carbocycles. The fraction of sp³-hybridized carbons (Fsp3) is 0. The molecule has 0 aliphatic heterocycles. The molecule has 0 aliphatic carbocycles. The Hall–Kier alpha value is -7.56. The van der Waals surface area contributed by atoms with E-state index in [1.165, 1.54) is 43.3 Å². The van der Waals surface area contributed by atoms with E-state index >= 15 is 0 Å². The lowest BCUT2D eigenvalue weighted by Crippen LogP contribution is -2.02. The third kappa shape index (κ3) is 5.31. The summed E-state index contributed by atoms with van der Waals surface area (Å²) < 4.78 is 0. The van der Waals surface area contributed by atoms with Crippen molar-refractivity contribution in [2.45, 2.75) is 0 Å². The van der Waals surface area contributed by atoms with Crippen molar-refractivity contribution in [3.05, 3.63) is 194 Å². The summed E-state index contributed by atoms with van der Waals surface area (Å²) in [6, 6.07) is 64.3. The molecule has 0 unspecified atom stereocenters. The molecule has 0 radical (unpaired) electrons. The number of aromatic nitrogens is 4. The minimum Gasteiger partial charge on any atom is -0.264 e. The predicted molar refractivity (Wildman–Crippen MR) is 232 cm³/mol. The van der Waals surface area contributed by atoms with E-state index in [4.69, 9.17) is 15.0 Å². The lowest BCUT2D eigenvalue weighted by Gasteiger charge is -2.15. The highest BCUT2D eigenvalue weighted by Crippen LogP contribution is 2.40. The molecule has 4 nitrogen and oxygen atoms in total. The Balaban J connectivity index is 1.16. The third-order valence-corrected chi connectivity index (χ3v) is 11.0. The average Bonchev–Trinajstić information content (AvgIpc) is 3.28. The predicted octanol–water partition coefficient (Wildman–Crippen LogP) is 13.4. The molecule has 260 valence electrons. The van der Waals surface area contributed by atoms with Gasteiger partial charge in [0.25, 0.3) is 0 Å². The fourth-order valence-corrected chi connectivity index (χ4v) is 8.33. The van der Waals surface area contributed by atoms with Crippen molar-refractivity contribution in [3.63, 3.8) is 0 Å². The summed E-state index contributed by atoms with van der Waals surface area (Å²) >= 11 is 0. The number of benzene rings is 9. The molecule has 0 saturated heterocycles. The Bertz CT molecular complexity index is 3300. The maximum atomic E-state index is 5.35. The number of hydrogen-bond acceptors (Lipinski definition) is 4. The van der Waals surface area contributed by atoms with Crippen molar-refractivity contribution in [3.8, 4) is 56.4 Å². The molecule has 0 aliphatic rings. The summed E-state index contributed by atoms with van der Waals surface area (Å²) in [5.74, 6) is 1.82. The third-order valence-electron chi connectivity index (χ3n) is 11.0. The largest absolute Gasteiger partial charge is 0.264 e. The van der Waals surface area contributed by atoms with Crippen molar-refractivity contribution < 1.29 is 0 Å². The molecule has 11 aromatic rings. The normalized spacial score (nSPS) is 11.6. The standard InChI is InChI=1S/C52H32N4/c1-4-16-38-33(11-1)14-9-21-39(38)36-23-25-37(26-24-36)50-54-51(46-20-8-7-19-43(46)42-22-10-15-34-12-2-5-17-40(34)42)56-52(55-50)48-31-47-41-18-6-3-13-35(41)27-28-44(47)45-29-30-53-32-49(45)48/h1-32H. The molecule has 0 fully saturated rings. The van der Waals surface area contributed by atoms with Gasteiger partial charge in [-0.1, -0.05) is 170 Å². The lowest BCUT2D eigenvalue weighted by molar-refractivity contribution is 1.08. The Morgan fingerprint density at radius 3 is 1.54 bits per heavy atom. The van der Waals surface area contributed by atoms with Gasteiger partial charge < -0.3 is 0 Å². The zero-order valence-corrected chi connectivity index (χ0v) is 30.3. The summed E-state index contributed by atoms with van der Waals surface area (Å²) in [6.45, 7) is 0. The van der Waals surface area contributed by atoms with Gasteiger partial charge in [-0.3, -0.25) is 4.98 Å². The average molecular weight is 713 g/mol. The highest BCUT2D eigenvalue weighted by molar-refractivity contribution is 6.20. The van der Waals surface area contributed by atoms with E-state index in [0.29, 0.717) is 17.5 Å². The molecule has 0 amide bonds. The molecule has 0 saturated carbocycles. The van der Waals surface area contributed by atoms with Crippen LogP contribution >= 0.6 is 0 Å². The number of fused-ring (bicyclic) bond motifs is 7. The van der Waals surface area contributed by atoms with Crippen molar-refractivity contribution >= 4 is 53.9 Å². The van der Waals surface area contributed by atoms with Crippen LogP contribution in [0.5, 0.6) is 0 Å². The minimum absolute atomic E-state index is 0.601. The van der Waals surface area contributed by atoms with Crippen molar-refractivity contribution in [2.75, 3.05) is 0 Å². The zero-order valence-electron chi connectivity index (χ0n) is 30.3. The van der Waals surface area contributed by atoms with Crippen LogP contribution in [0.1, 0.15) is 0 Å². The van der Waals surface area contributed by atoms with Gasteiger partial charge in [0.1, 0.15) is 0 Å². The number of hydrogen-bond donors (Lipinski definition) is 0. The quantitative estimate of drug-likeness (QED) is 0.167. The monoisotopic (exact) mass is 712 g/mol. The highest BCUT2D eigenvalue weighted by Gasteiger charge is 2.19. The summed E-state index contributed by atoms with van der Waals surface area (Å²) in [5.41, 5.74) is 7.29. The van der Waals surface area contributed by atoms with Crippen molar-refractivity contribution in [1.29, 1.82) is 0 Å². The van der Waals surface area contributed by atoms with Crippen molar-refractivity contribution in [1.82, 2.24) is 19.9 Å². The molecule has 11 rings (SSSR count). The Morgan fingerprint density at radius 1 is 0.268 bits per heavy atom. The highest BCUT2D eigenvalue weighted by atomic mass is 15.0. The molecule has 0 bridgehead atoms. The van der Waals surface area contributed by atoms with Gasteiger partial charge in [0, 0.05) is 34.5 Å². The zero-order chi connectivity index (χ0) is 37.0. The van der Waals surface area contributed by atoms with Gasteiger partial charge in [-0.05, 0) is 82.9 Å². The van der Waals surface area contributed by atoms with E-state index in [0.717, 1.165) is 49.5 Å². The molecule has 56 heavy (non-hydrogen) atoms. The summed E-state index contributed by atoms with van der Waals surface area (Å²) in [7, 11) is 0. The molecule has 0 spiro atoms. The Morgan fingerprint density at radius 2 is 0.786 bits per heavy atom. The number of nitrogens with zero attached hydrogens (tertiary/aromatic N) is 4. The Kier molecular flexibility index (Phi) is 7.46. The van der Waals surface area contributed by atoms with Crippen LogP contribution in [-0.4, -0.2) is 19.9 Å². The summed E-state index contributed by atoms with van der Waals surface area (Å²) in [6.07, 6.45) is 3.80. The first kappa shape index (κ1) is 31.9. The van der Waals surface area contributed by atoms with E-state index in [1.807, 2.05) is 12.4 Å². The van der Waals surface area contributed by atoms with Gasteiger partial charge in [0.15, 0.2) is 17.5 Å². The van der Waals surface area contributed by atoms with E-state index in [-0.39, 0.29) is 0 Å². The van der Waals surface area contributed by atoms with Gasteiger partial charge in [-0.15, -0.1) is 0 Å². The van der Waals surface area contributed by atoms with Gasteiger partial charge in [0.05, 0.1) is 0 Å². The Labute approximate surface area is 323 Å². The SMILES string of the molecule is c1ccc(-c2cccc3ccccc23)c(-c2nc(-c3ccc(-c4cccc5ccccc45)cc3)nc(-c3cc4c5ccccc5ccc4c4ccncc34)n2)c1. The second-order valence-corrected chi connectivity index (χ2v) is 14.2. The van der Waals surface area contributed by atoms with Crippen LogP contribution in [0.4, 0.5) is 0 Å². The second-order valence-electron chi connectivity index (χ2n) is 14.2. The summed E-state index contributed by atoms with van der Waals surface area (Å²) in [4.78, 5) is 20.5. The fourth-order valence-electron chi connectivity index (χ4n) is 8.33. The smallest absolute Gasteiger partial charge is 0.164 e. The maximum Gasteiger partial charge on any atom is 0.164 e. The van der Waals surface area contributed by atoms with Crippen LogP contribution in [-0.2, 0) is 0 Å². The van der Waals surface area contributed by atoms with Gasteiger partial charge in [-0.2, -0.15) is 0 Å². The van der Waals surface area contributed by atoms with Crippen LogP contribution < -0.4 is 0 Å². The van der Waals surface area contributed by atoms with Crippen LogP contribution in [0.25, 0.3) is 110 Å². The topological polar surface area (TPSA) is 51.6 Å². The van der Waals surface area contributed by atoms with E-state index in [1.54, 1.807) is 0 Å². The molecular formula is C52H32N4. The number of rotatable bonds is 5. The van der Waals surface area contributed by atoms with Crippen LogP contribution in [0, 0.1) is 0 Å². The first-order chi connectivity index (χ1) is 27.8. The molecule has 2 aromatic heterocycles. The van der Waals surface area contributed by atoms with Gasteiger partial charge in [-0.25, -0.2) is 15.0 Å². The van der Waals surface area contributed by atoms with Gasteiger partial charge in [0.2, 0.25) is 0 Å². The van der Waals surface area contributed by atoms with Gasteiger partial charge >= 0.3 is 0 Å². The second kappa shape index (κ2) is 13.1. The van der Waals surface area contributed by atoms with Crippen molar-refractivity contribution in [2.24, 2.45) is 0 Å².